The Morgan fingerprint density at radius 1 is 1.02 bits per heavy atom. The summed E-state index contributed by atoms with van der Waals surface area (Å²) in [5.74, 6) is 1.35. The van der Waals surface area contributed by atoms with Gasteiger partial charge in [0.05, 0.1) is 30.9 Å². The van der Waals surface area contributed by atoms with Crippen molar-refractivity contribution in [3.8, 4) is 17.0 Å². The molecule has 2 aliphatic heterocycles. The predicted molar refractivity (Wildman–Crippen MR) is 164 cm³/mol. The summed E-state index contributed by atoms with van der Waals surface area (Å²) in [5.41, 5.74) is 8.70. The van der Waals surface area contributed by atoms with Crippen LogP contribution in [0.25, 0.3) is 33.8 Å². The van der Waals surface area contributed by atoms with Crippen molar-refractivity contribution in [3.63, 3.8) is 0 Å². The van der Waals surface area contributed by atoms with Gasteiger partial charge in [-0.3, -0.25) is 9.59 Å². The number of rotatable bonds is 5. The van der Waals surface area contributed by atoms with Crippen LogP contribution in [0.3, 0.4) is 0 Å². The largest absolute Gasteiger partial charge is 0.497 e. The van der Waals surface area contributed by atoms with E-state index in [9.17, 15) is 9.59 Å². The van der Waals surface area contributed by atoms with Crippen molar-refractivity contribution < 1.29 is 19.1 Å². The molecule has 1 saturated heterocycles. The van der Waals surface area contributed by atoms with Crippen LogP contribution in [0, 0.1) is 0 Å². The zero-order valence-corrected chi connectivity index (χ0v) is 24.2. The number of aldehydes is 1. The Morgan fingerprint density at radius 3 is 2.63 bits per heavy atom. The maximum atomic E-state index is 13.7. The van der Waals surface area contributed by atoms with Crippen LogP contribution in [0.5, 0.6) is 5.75 Å². The highest BCUT2D eigenvalue weighted by Crippen LogP contribution is 2.48. The molecule has 1 aliphatic carbocycles. The quantitative estimate of drug-likeness (QED) is 0.239. The Kier molecular flexibility index (Phi) is 7.01. The third-order valence-electron chi connectivity index (χ3n) is 8.95. The number of hydrogen-bond acceptors (Lipinski definition) is 5. The third-order valence-corrected chi connectivity index (χ3v) is 9.86. The predicted octanol–water partition coefficient (Wildman–Crippen LogP) is 7.27. The molecule has 2 fully saturated rings. The lowest BCUT2D eigenvalue weighted by Gasteiger charge is -2.27. The van der Waals surface area contributed by atoms with Gasteiger partial charge in [-0.15, -0.1) is 11.3 Å². The molecule has 2 aromatic heterocycles. The fourth-order valence-corrected chi connectivity index (χ4v) is 7.83. The second-order valence-corrected chi connectivity index (χ2v) is 12.2. The molecular weight excluding hydrogens is 532 g/mol. The summed E-state index contributed by atoms with van der Waals surface area (Å²) in [6, 6.07) is 14.6. The van der Waals surface area contributed by atoms with Crippen molar-refractivity contribution in [2.75, 3.05) is 33.4 Å². The highest BCUT2D eigenvalue weighted by molar-refractivity contribution is 7.12. The van der Waals surface area contributed by atoms with Crippen LogP contribution in [0.1, 0.15) is 74.7 Å². The summed E-state index contributed by atoms with van der Waals surface area (Å²) >= 11 is 1.51. The lowest BCUT2D eigenvalue weighted by Crippen LogP contribution is -2.40. The van der Waals surface area contributed by atoms with Crippen LogP contribution in [0.2, 0.25) is 0 Å². The van der Waals surface area contributed by atoms with Gasteiger partial charge in [-0.2, -0.15) is 0 Å². The standard InChI is InChI=1S/C34H34N2O4S/c1-39-26-8-10-27-24(19-26)18-25(28-11-16-41-33(28)34(38)35-12-14-40-15-13-35)20-36-30-17-22(21-37)7-9-29(30)31(32(27)36)23-5-3-2-4-6-23/h7-11,16-19,21,23H,2-6,12-15,20H2,1H3. The lowest BCUT2D eigenvalue weighted by atomic mass is 9.81. The Balaban J connectivity index is 1.45. The van der Waals surface area contributed by atoms with Crippen molar-refractivity contribution in [3.05, 3.63) is 75.0 Å². The van der Waals surface area contributed by atoms with E-state index >= 15 is 0 Å². The van der Waals surface area contributed by atoms with Gasteiger partial charge in [-0.1, -0.05) is 31.4 Å². The first kappa shape index (κ1) is 26.2. The van der Waals surface area contributed by atoms with Gasteiger partial charge in [0.15, 0.2) is 0 Å². The van der Waals surface area contributed by atoms with E-state index in [-0.39, 0.29) is 5.91 Å². The minimum Gasteiger partial charge on any atom is -0.497 e. The number of thiophene rings is 1. The van der Waals surface area contributed by atoms with Crippen molar-refractivity contribution >= 4 is 46.1 Å². The zero-order chi connectivity index (χ0) is 27.9. The number of carbonyl (C=O) groups is 2. The van der Waals surface area contributed by atoms with Gasteiger partial charge >= 0.3 is 0 Å². The molecule has 7 heteroatoms. The number of allylic oxidation sites excluding steroid dienone is 1. The van der Waals surface area contributed by atoms with Gasteiger partial charge in [-0.05, 0) is 77.2 Å². The van der Waals surface area contributed by atoms with Crippen LogP contribution < -0.4 is 4.74 Å². The molecule has 41 heavy (non-hydrogen) atoms. The average molecular weight is 567 g/mol. The molecule has 0 bridgehead atoms. The van der Waals surface area contributed by atoms with Crippen molar-refractivity contribution in [2.24, 2.45) is 0 Å². The smallest absolute Gasteiger partial charge is 0.264 e. The molecular formula is C34H34N2O4S. The lowest BCUT2D eigenvalue weighted by molar-refractivity contribution is 0.0306. The molecule has 0 unspecified atom stereocenters. The maximum absolute atomic E-state index is 13.7. The Bertz CT molecular complexity index is 1670. The van der Waals surface area contributed by atoms with Gasteiger partial charge in [-0.25, -0.2) is 0 Å². The molecule has 210 valence electrons. The topological polar surface area (TPSA) is 60.8 Å². The Hall–Kier alpha value is -3.68. The molecule has 0 atom stereocenters. The third kappa shape index (κ3) is 4.61. The summed E-state index contributed by atoms with van der Waals surface area (Å²) in [7, 11) is 1.70. The SMILES string of the molecule is COc1ccc2c(c1)C=C(c1ccsc1C(=O)N1CCOCC1)Cn1c-2c(C2CCCCC2)c2ccc(C=O)cc21. The monoisotopic (exact) mass is 566 g/mol. The minimum atomic E-state index is 0.0676. The summed E-state index contributed by atoms with van der Waals surface area (Å²) in [6.07, 6.45) is 9.30. The number of methoxy groups -OCH3 is 1. The summed E-state index contributed by atoms with van der Waals surface area (Å²) in [6.45, 7) is 2.98. The summed E-state index contributed by atoms with van der Waals surface area (Å²) in [5, 5.41) is 3.25. The van der Waals surface area contributed by atoms with E-state index in [2.05, 4.69) is 34.9 Å². The molecule has 2 aromatic carbocycles. The maximum Gasteiger partial charge on any atom is 0.264 e. The number of nitrogens with zero attached hydrogens (tertiary/aromatic N) is 2. The van der Waals surface area contributed by atoms with Crippen LogP contribution in [0.15, 0.2) is 47.8 Å². The normalized spacial score (nSPS) is 17.5. The number of ether oxygens (including phenoxy) is 2. The molecule has 0 radical (unpaired) electrons. The molecule has 3 aliphatic rings. The van der Waals surface area contributed by atoms with E-state index in [0.717, 1.165) is 39.1 Å². The molecule has 1 saturated carbocycles. The number of fused-ring (bicyclic) bond motifs is 5. The average Bonchev–Trinajstić information content (AvgIpc) is 3.60. The van der Waals surface area contributed by atoms with Gasteiger partial charge in [0, 0.05) is 47.2 Å². The highest BCUT2D eigenvalue weighted by atomic mass is 32.1. The molecule has 7 rings (SSSR count). The van der Waals surface area contributed by atoms with Gasteiger partial charge in [0.1, 0.15) is 12.0 Å². The van der Waals surface area contributed by atoms with Crippen molar-refractivity contribution in [1.82, 2.24) is 9.47 Å². The molecule has 4 heterocycles. The number of benzene rings is 2. The zero-order valence-electron chi connectivity index (χ0n) is 23.4. The second kappa shape index (κ2) is 11.0. The first-order valence-electron chi connectivity index (χ1n) is 14.6. The number of aromatic nitrogens is 1. The first-order valence-corrected chi connectivity index (χ1v) is 15.5. The summed E-state index contributed by atoms with van der Waals surface area (Å²) < 4.78 is 13.6. The highest BCUT2D eigenvalue weighted by Gasteiger charge is 2.31. The molecule has 1 amide bonds. The summed E-state index contributed by atoms with van der Waals surface area (Å²) in [4.78, 5) is 28.3. The van der Waals surface area contributed by atoms with E-state index in [1.807, 2.05) is 28.5 Å². The molecule has 0 N–H and O–H groups in total. The fourth-order valence-electron chi connectivity index (χ4n) is 6.93. The van der Waals surface area contributed by atoms with Gasteiger partial charge in [0.25, 0.3) is 5.91 Å². The van der Waals surface area contributed by atoms with Crippen molar-refractivity contribution in [1.29, 1.82) is 0 Å². The van der Waals surface area contributed by atoms with E-state index in [1.54, 1.807) is 7.11 Å². The minimum absolute atomic E-state index is 0.0676. The van der Waals surface area contributed by atoms with Crippen LogP contribution >= 0.6 is 11.3 Å². The van der Waals surface area contributed by atoms with Crippen molar-refractivity contribution in [2.45, 2.75) is 44.6 Å². The van der Waals surface area contributed by atoms with E-state index < -0.39 is 0 Å². The molecule has 6 nitrogen and oxygen atoms in total. The van der Waals surface area contributed by atoms with E-state index in [1.165, 1.54) is 65.6 Å². The Labute approximate surface area is 244 Å². The van der Waals surface area contributed by atoms with Gasteiger partial charge in [0.2, 0.25) is 0 Å². The molecule has 4 aromatic rings. The first-order chi connectivity index (χ1) is 20.2. The number of morpholine rings is 1. The van der Waals surface area contributed by atoms with Crippen LogP contribution in [0.4, 0.5) is 0 Å². The fraction of sp³-hybridized carbons (Fsp3) is 0.353. The van der Waals surface area contributed by atoms with Crippen LogP contribution in [-0.4, -0.2) is 55.1 Å². The van der Waals surface area contributed by atoms with Gasteiger partial charge < -0.3 is 18.9 Å². The van der Waals surface area contributed by atoms with E-state index in [4.69, 9.17) is 9.47 Å². The van der Waals surface area contributed by atoms with Crippen LogP contribution in [-0.2, 0) is 11.3 Å². The number of amides is 1. The number of hydrogen-bond donors (Lipinski definition) is 0. The number of carbonyl (C=O) groups excluding carboxylic acids is 2. The molecule has 0 spiro atoms. The second-order valence-electron chi connectivity index (χ2n) is 11.3. The van der Waals surface area contributed by atoms with E-state index in [0.29, 0.717) is 44.3 Å². The Morgan fingerprint density at radius 2 is 1.85 bits per heavy atom.